The van der Waals surface area contributed by atoms with E-state index < -0.39 is 5.79 Å². The highest BCUT2D eigenvalue weighted by Crippen LogP contribution is 2.70. The van der Waals surface area contributed by atoms with Gasteiger partial charge in [-0.05, 0) is 85.4 Å². The molecule has 1 spiro atoms. The number of carbonyl (C=O) groups excluding carboxylic acids is 1. The summed E-state index contributed by atoms with van der Waals surface area (Å²) in [5.74, 6) is 3.36. The van der Waals surface area contributed by atoms with Gasteiger partial charge in [0.05, 0.1) is 18.8 Å². The van der Waals surface area contributed by atoms with E-state index in [0.29, 0.717) is 41.3 Å². The van der Waals surface area contributed by atoms with Crippen molar-refractivity contribution in [1.82, 2.24) is 0 Å². The molecule has 0 amide bonds. The van der Waals surface area contributed by atoms with E-state index in [9.17, 15) is 9.90 Å². The Labute approximate surface area is 187 Å². The number of ether oxygens (including phenoxy) is 2. The minimum Gasteiger partial charge on any atom is -0.393 e. The van der Waals surface area contributed by atoms with Gasteiger partial charge in [-0.3, -0.25) is 4.79 Å². The molecule has 0 aromatic rings. The fraction of sp³-hybridized carbons (Fsp3) is 0.963. The molecule has 4 heteroatoms. The Balaban J connectivity index is 1.30. The van der Waals surface area contributed by atoms with E-state index >= 15 is 0 Å². The predicted octanol–water partition coefficient (Wildman–Crippen LogP) is 4.97. The Hall–Kier alpha value is -0.450. The highest BCUT2D eigenvalue weighted by Gasteiger charge is 2.70. The second-order valence-electron chi connectivity index (χ2n) is 13.1. The molecule has 31 heavy (non-hydrogen) atoms. The number of ketones is 1. The van der Waals surface area contributed by atoms with Crippen molar-refractivity contribution < 1.29 is 19.4 Å². The topological polar surface area (TPSA) is 55.8 Å². The van der Waals surface area contributed by atoms with Gasteiger partial charge in [0.1, 0.15) is 5.78 Å². The van der Waals surface area contributed by atoms with Crippen LogP contribution in [0.1, 0.15) is 85.5 Å². The molecule has 4 nitrogen and oxygen atoms in total. The maximum absolute atomic E-state index is 13.9. The Morgan fingerprint density at radius 1 is 1.00 bits per heavy atom. The maximum atomic E-state index is 13.9. The molecule has 1 N–H and O–H groups in total. The first kappa shape index (κ1) is 21.1. The predicted molar refractivity (Wildman–Crippen MR) is 118 cm³/mol. The van der Waals surface area contributed by atoms with Crippen LogP contribution in [0, 0.1) is 52.3 Å². The summed E-state index contributed by atoms with van der Waals surface area (Å²) in [7, 11) is 0. The number of carbonyl (C=O) groups is 1. The quantitative estimate of drug-likeness (QED) is 0.589. The normalized spacial score (nSPS) is 60.9. The first-order chi connectivity index (χ1) is 14.7. The van der Waals surface area contributed by atoms with Gasteiger partial charge in [-0.15, -0.1) is 0 Å². The number of rotatable bonds is 0. The molecule has 4 aliphatic carbocycles. The molecule has 2 saturated heterocycles. The highest BCUT2D eigenvalue weighted by atomic mass is 16.7. The van der Waals surface area contributed by atoms with Crippen molar-refractivity contribution in [3.05, 3.63) is 0 Å². The minimum absolute atomic E-state index is 0.0512. The zero-order valence-electron chi connectivity index (χ0n) is 19.9. The van der Waals surface area contributed by atoms with Crippen LogP contribution in [0.4, 0.5) is 0 Å². The molecule has 0 radical (unpaired) electrons. The standard InChI is InChI=1S/C27H42O4/c1-15-7-10-27(30-14-15)16(2)23-22(31-27)12-20-19-6-5-17-11-18(28)8-9-25(17,3)24(19)21(29)13-26(20,23)4/h15-20,22-24,28H,5-14H2,1-4H3/t15-,16+,17+,18+,19+,20+,22+,23?,24-,25+,26+,27-/m1/s1. The first-order valence-electron chi connectivity index (χ1n) is 13.2. The van der Waals surface area contributed by atoms with E-state index in [0.717, 1.165) is 51.6 Å². The minimum atomic E-state index is -0.404. The number of Topliss-reactive ketones (excluding diaryl/α,β-unsaturated/α-hetero) is 1. The van der Waals surface area contributed by atoms with E-state index in [-0.39, 0.29) is 29.0 Å². The van der Waals surface area contributed by atoms with Crippen molar-refractivity contribution >= 4 is 5.78 Å². The summed E-state index contributed by atoms with van der Waals surface area (Å²) in [5, 5.41) is 10.3. The van der Waals surface area contributed by atoms with Crippen molar-refractivity contribution in [3.63, 3.8) is 0 Å². The third-order valence-electron chi connectivity index (χ3n) is 11.6. The Bertz CT molecular complexity index is 756. The van der Waals surface area contributed by atoms with Crippen LogP contribution in [0.3, 0.4) is 0 Å². The molecule has 6 aliphatic rings. The third kappa shape index (κ3) is 2.74. The van der Waals surface area contributed by atoms with Gasteiger partial charge in [-0.1, -0.05) is 27.7 Å². The van der Waals surface area contributed by atoms with E-state index in [4.69, 9.17) is 9.47 Å². The lowest BCUT2D eigenvalue weighted by Crippen LogP contribution is -2.58. The summed E-state index contributed by atoms with van der Waals surface area (Å²) in [4.78, 5) is 13.9. The van der Waals surface area contributed by atoms with Gasteiger partial charge < -0.3 is 14.6 Å². The Morgan fingerprint density at radius 3 is 2.55 bits per heavy atom. The lowest BCUT2D eigenvalue weighted by molar-refractivity contribution is -0.272. The van der Waals surface area contributed by atoms with E-state index in [1.807, 2.05) is 0 Å². The zero-order valence-corrected chi connectivity index (χ0v) is 19.9. The molecule has 4 saturated carbocycles. The van der Waals surface area contributed by atoms with Crippen LogP contribution >= 0.6 is 0 Å². The van der Waals surface area contributed by atoms with Gasteiger partial charge >= 0.3 is 0 Å². The molecule has 6 fully saturated rings. The van der Waals surface area contributed by atoms with Crippen molar-refractivity contribution in [2.45, 2.75) is 103 Å². The molecule has 174 valence electrons. The van der Waals surface area contributed by atoms with E-state index in [1.54, 1.807) is 0 Å². The monoisotopic (exact) mass is 430 g/mol. The SMILES string of the molecule is C[C@@H]1CC[C@@]2(OC1)O[C@H]1C[C@H]3[C@@H]4CC[C@H]5C[C@@H](O)CC[C@]5(C)[C@H]4C(=O)C[C@]3(C)C1[C@@H]2C. The van der Waals surface area contributed by atoms with Crippen molar-refractivity contribution in [1.29, 1.82) is 0 Å². The zero-order chi connectivity index (χ0) is 21.8. The molecule has 6 rings (SSSR count). The molecule has 12 atom stereocenters. The summed E-state index contributed by atoms with van der Waals surface area (Å²) in [6.07, 6.45) is 9.26. The Morgan fingerprint density at radius 2 is 1.81 bits per heavy atom. The Kier molecular flexibility index (Phi) is 4.62. The highest BCUT2D eigenvalue weighted by molar-refractivity contribution is 5.84. The molecule has 2 heterocycles. The molecular weight excluding hydrogens is 388 g/mol. The van der Waals surface area contributed by atoms with E-state index in [2.05, 4.69) is 27.7 Å². The number of fused-ring (bicyclic) bond motifs is 7. The van der Waals surface area contributed by atoms with Crippen LogP contribution in [0.2, 0.25) is 0 Å². The second kappa shape index (κ2) is 6.79. The van der Waals surface area contributed by atoms with Gasteiger partial charge in [0.25, 0.3) is 0 Å². The number of hydrogen-bond donors (Lipinski definition) is 1. The van der Waals surface area contributed by atoms with Gasteiger partial charge in [0.15, 0.2) is 5.79 Å². The average molecular weight is 431 g/mol. The average Bonchev–Trinajstić information content (AvgIpc) is 3.15. The van der Waals surface area contributed by atoms with Crippen LogP contribution < -0.4 is 0 Å². The van der Waals surface area contributed by atoms with Crippen molar-refractivity contribution in [2.75, 3.05) is 6.61 Å². The largest absolute Gasteiger partial charge is 0.393 e. The molecule has 0 aromatic heterocycles. The summed E-state index contributed by atoms with van der Waals surface area (Å²) in [5.41, 5.74) is 0.143. The molecule has 0 bridgehead atoms. The van der Waals surface area contributed by atoms with Gasteiger partial charge in [-0.2, -0.15) is 0 Å². The molecule has 0 aromatic carbocycles. The van der Waals surface area contributed by atoms with Crippen molar-refractivity contribution in [2.24, 2.45) is 52.3 Å². The lowest BCUT2D eigenvalue weighted by atomic mass is 9.44. The summed E-state index contributed by atoms with van der Waals surface area (Å²) in [6, 6.07) is 0. The van der Waals surface area contributed by atoms with Gasteiger partial charge in [0, 0.05) is 24.7 Å². The summed E-state index contributed by atoms with van der Waals surface area (Å²) in [6.45, 7) is 10.2. The van der Waals surface area contributed by atoms with Gasteiger partial charge in [-0.25, -0.2) is 0 Å². The second-order valence-corrected chi connectivity index (χ2v) is 13.1. The van der Waals surface area contributed by atoms with Crippen LogP contribution in [0.15, 0.2) is 0 Å². The first-order valence-corrected chi connectivity index (χ1v) is 13.2. The fourth-order valence-electron chi connectivity index (χ4n) is 10.1. The van der Waals surface area contributed by atoms with Gasteiger partial charge in [0.2, 0.25) is 0 Å². The molecule has 1 unspecified atom stereocenters. The fourth-order valence-corrected chi connectivity index (χ4v) is 10.1. The summed E-state index contributed by atoms with van der Waals surface area (Å²) >= 11 is 0. The van der Waals surface area contributed by atoms with Crippen molar-refractivity contribution in [3.8, 4) is 0 Å². The van der Waals surface area contributed by atoms with E-state index in [1.165, 1.54) is 12.8 Å². The molecule has 2 aliphatic heterocycles. The number of aliphatic hydroxyl groups is 1. The third-order valence-corrected chi connectivity index (χ3v) is 11.6. The maximum Gasteiger partial charge on any atom is 0.171 e. The van der Waals surface area contributed by atoms with Crippen LogP contribution in [-0.2, 0) is 14.3 Å². The van der Waals surface area contributed by atoms with Crippen LogP contribution in [0.5, 0.6) is 0 Å². The summed E-state index contributed by atoms with van der Waals surface area (Å²) < 4.78 is 13.2. The smallest absolute Gasteiger partial charge is 0.171 e. The number of aliphatic hydroxyl groups excluding tert-OH is 1. The van der Waals surface area contributed by atoms with Crippen LogP contribution in [-0.4, -0.2) is 35.5 Å². The number of hydrogen-bond acceptors (Lipinski definition) is 4. The van der Waals surface area contributed by atoms with Crippen LogP contribution in [0.25, 0.3) is 0 Å². The lowest BCUT2D eigenvalue weighted by Gasteiger charge is -2.60. The molecular formula is C27H42O4.